The fourth-order valence-electron chi connectivity index (χ4n) is 1.70. The topological polar surface area (TPSA) is 105 Å². The molecule has 0 bridgehead atoms. The summed E-state index contributed by atoms with van der Waals surface area (Å²) in [5, 5.41) is 13.1. The Kier molecular flexibility index (Phi) is 6.27. The second-order valence-electron chi connectivity index (χ2n) is 4.69. The average Bonchev–Trinajstić information content (AvgIpc) is 3.11. The summed E-state index contributed by atoms with van der Waals surface area (Å²) in [4.78, 5) is 32.9. The summed E-state index contributed by atoms with van der Waals surface area (Å²) < 4.78 is 4.57. The predicted molar refractivity (Wildman–Crippen MR) is 66.5 cm³/mol. The lowest BCUT2D eigenvalue weighted by Gasteiger charge is -2.16. The molecule has 0 aromatic heterocycles. The monoisotopic (exact) mass is 272 g/mol. The van der Waals surface area contributed by atoms with E-state index < -0.39 is 31.1 Å². The van der Waals surface area contributed by atoms with Crippen molar-refractivity contribution in [3.8, 4) is 0 Å². The van der Waals surface area contributed by atoms with Gasteiger partial charge in [-0.15, -0.1) is 0 Å². The minimum absolute atomic E-state index is 0.0697. The summed E-state index contributed by atoms with van der Waals surface area (Å²) >= 11 is 0. The number of hydrogen-bond donors (Lipinski definition) is 3. The number of carboxylic acids is 1. The Morgan fingerprint density at radius 3 is 2.53 bits per heavy atom. The molecule has 0 spiro atoms. The van der Waals surface area contributed by atoms with E-state index in [1.54, 1.807) is 0 Å². The molecule has 0 radical (unpaired) electrons. The molecule has 1 atom stereocenters. The molecule has 1 unspecified atom stereocenters. The summed E-state index contributed by atoms with van der Waals surface area (Å²) in [6, 6.07) is -0.489. The molecule has 7 heteroatoms. The third kappa shape index (κ3) is 7.40. The highest BCUT2D eigenvalue weighted by molar-refractivity contribution is 5.95. The first-order valence-electron chi connectivity index (χ1n) is 6.41. The van der Waals surface area contributed by atoms with Crippen molar-refractivity contribution in [2.24, 2.45) is 5.92 Å². The molecule has 1 rings (SSSR count). The van der Waals surface area contributed by atoms with Crippen LogP contribution >= 0.6 is 0 Å². The molecular formula is C12H20N2O5. The molecule has 0 aromatic rings. The minimum atomic E-state index is -1.16. The molecule has 0 aromatic carbocycles. The van der Waals surface area contributed by atoms with Crippen molar-refractivity contribution < 1.29 is 24.2 Å². The first-order valence-corrected chi connectivity index (χ1v) is 6.41. The summed E-state index contributed by atoms with van der Waals surface area (Å²) in [5.41, 5.74) is 0. The highest BCUT2D eigenvalue weighted by Gasteiger charge is 2.25. The van der Waals surface area contributed by atoms with E-state index in [0.29, 0.717) is 5.92 Å². The van der Waals surface area contributed by atoms with Gasteiger partial charge in [0.1, 0.15) is 13.2 Å². The van der Waals surface area contributed by atoms with Gasteiger partial charge in [-0.3, -0.25) is 10.1 Å². The van der Waals surface area contributed by atoms with Crippen LogP contribution in [0.15, 0.2) is 0 Å². The van der Waals surface area contributed by atoms with Crippen LogP contribution in [0.1, 0.15) is 32.6 Å². The zero-order valence-corrected chi connectivity index (χ0v) is 11.0. The molecule has 19 heavy (non-hydrogen) atoms. The Labute approximate surface area is 111 Å². The van der Waals surface area contributed by atoms with Crippen LogP contribution in [-0.2, 0) is 14.3 Å². The first-order chi connectivity index (χ1) is 9.01. The summed E-state index contributed by atoms with van der Waals surface area (Å²) in [6.45, 7) is 0.971. The maximum atomic E-state index is 11.5. The van der Waals surface area contributed by atoms with Gasteiger partial charge >= 0.3 is 12.0 Å². The number of hydrogen-bond acceptors (Lipinski definition) is 4. The van der Waals surface area contributed by atoms with Gasteiger partial charge in [0.2, 0.25) is 0 Å². The number of aliphatic carboxylic acids is 1. The molecule has 108 valence electrons. The maximum absolute atomic E-state index is 11.5. The Hall–Kier alpha value is -1.63. The van der Waals surface area contributed by atoms with Crippen molar-refractivity contribution in [1.82, 2.24) is 10.6 Å². The molecule has 1 aliphatic rings. The molecule has 0 saturated heterocycles. The van der Waals surface area contributed by atoms with Crippen molar-refractivity contribution in [3.63, 3.8) is 0 Å². The number of ether oxygens (including phenoxy) is 1. The second kappa shape index (κ2) is 7.73. The van der Waals surface area contributed by atoms with Gasteiger partial charge in [0, 0.05) is 6.04 Å². The lowest BCUT2D eigenvalue weighted by molar-refractivity contribution is -0.143. The van der Waals surface area contributed by atoms with Crippen molar-refractivity contribution in [3.05, 3.63) is 0 Å². The SMILES string of the molecule is CCC(CC1CC1)NC(=O)NC(=O)COCC(=O)O. The second-order valence-corrected chi connectivity index (χ2v) is 4.69. The van der Waals surface area contributed by atoms with Gasteiger partial charge in [0.25, 0.3) is 5.91 Å². The molecule has 1 aliphatic carbocycles. The number of imide groups is 1. The van der Waals surface area contributed by atoms with Gasteiger partial charge in [-0.1, -0.05) is 19.8 Å². The quantitative estimate of drug-likeness (QED) is 0.596. The summed E-state index contributed by atoms with van der Waals surface area (Å²) in [6.07, 6.45) is 4.17. The van der Waals surface area contributed by atoms with E-state index in [1.807, 2.05) is 6.92 Å². The van der Waals surface area contributed by atoms with Crippen LogP contribution in [0.5, 0.6) is 0 Å². The normalized spacial score (nSPS) is 15.6. The van der Waals surface area contributed by atoms with E-state index in [4.69, 9.17) is 5.11 Å². The Bertz CT molecular complexity index is 341. The van der Waals surface area contributed by atoms with E-state index in [0.717, 1.165) is 12.8 Å². The Morgan fingerprint density at radius 2 is 2.00 bits per heavy atom. The van der Waals surface area contributed by atoms with Crippen molar-refractivity contribution >= 4 is 17.9 Å². The number of carbonyl (C=O) groups excluding carboxylic acids is 2. The Morgan fingerprint density at radius 1 is 1.32 bits per heavy atom. The van der Waals surface area contributed by atoms with Crippen LogP contribution in [0.3, 0.4) is 0 Å². The van der Waals surface area contributed by atoms with Gasteiger partial charge in [0.05, 0.1) is 0 Å². The van der Waals surface area contributed by atoms with Gasteiger partial charge in [-0.05, 0) is 18.8 Å². The average molecular weight is 272 g/mol. The predicted octanol–water partition coefficient (Wildman–Crippen LogP) is 0.492. The van der Waals surface area contributed by atoms with Crippen LogP contribution in [0.4, 0.5) is 4.79 Å². The highest BCUT2D eigenvalue weighted by Crippen LogP contribution is 2.33. The third-order valence-corrected chi connectivity index (χ3v) is 2.85. The standard InChI is InChI=1S/C12H20N2O5/c1-2-9(5-8-3-4-8)13-12(18)14-10(15)6-19-7-11(16)17/h8-9H,2-7H2,1H3,(H,16,17)(H2,13,14,15,18). The highest BCUT2D eigenvalue weighted by atomic mass is 16.5. The molecule has 7 nitrogen and oxygen atoms in total. The maximum Gasteiger partial charge on any atom is 0.329 e. The van der Waals surface area contributed by atoms with Gasteiger partial charge in [0.15, 0.2) is 0 Å². The van der Waals surface area contributed by atoms with Gasteiger partial charge < -0.3 is 15.2 Å². The van der Waals surface area contributed by atoms with E-state index >= 15 is 0 Å². The van der Waals surface area contributed by atoms with Crippen LogP contribution in [-0.4, -0.2) is 42.3 Å². The van der Waals surface area contributed by atoms with Crippen molar-refractivity contribution in [2.75, 3.05) is 13.2 Å². The fraction of sp³-hybridized carbons (Fsp3) is 0.750. The number of rotatable bonds is 8. The molecule has 1 saturated carbocycles. The van der Waals surface area contributed by atoms with Crippen molar-refractivity contribution in [1.29, 1.82) is 0 Å². The van der Waals surface area contributed by atoms with E-state index in [2.05, 4.69) is 15.4 Å². The number of nitrogens with one attached hydrogen (secondary N) is 2. The molecule has 1 fully saturated rings. The van der Waals surface area contributed by atoms with Crippen LogP contribution in [0.25, 0.3) is 0 Å². The lowest BCUT2D eigenvalue weighted by Crippen LogP contribution is -2.45. The van der Waals surface area contributed by atoms with E-state index in [1.165, 1.54) is 12.8 Å². The number of carboxylic acid groups (broad SMARTS) is 1. The van der Waals surface area contributed by atoms with Crippen LogP contribution in [0.2, 0.25) is 0 Å². The minimum Gasteiger partial charge on any atom is -0.480 e. The zero-order valence-electron chi connectivity index (χ0n) is 11.0. The number of amides is 3. The van der Waals surface area contributed by atoms with Crippen LogP contribution in [0, 0.1) is 5.92 Å². The largest absolute Gasteiger partial charge is 0.480 e. The lowest BCUT2D eigenvalue weighted by atomic mass is 10.1. The number of urea groups is 1. The first kappa shape index (κ1) is 15.4. The molecule has 0 heterocycles. The molecule has 0 aliphatic heterocycles. The summed E-state index contributed by atoms with van der Waals surface area (Å²) in [7, 11) is 0. The molecule has 3 N–H and O–H groups in total. The Balaban J connectivity index is 2.17. The van der Waals surface area contributed by atoms with Gasteiger partial charge in [-0.2, -0.15) is 0 Å². The van der Waals surface area contributed by atoms with E-state index in [-0.39, 0.29) is 6.04 Å². The fourth-order valence-corrected chi connectivity index (χ4v) is 1.70. The summed E-state index contributed by atoms with van der Waals surface area (Å²) in [5.74, 6) is -1.12. The van der Waals surface area contributed by atoms with E-state index in [9.17, 15) is 14.4 Å². The van der Waals surface area contributed by atoms with Crippen LogP contribution < -0.4 is 10.6 Å². The third-order valence-electron chi connectivity index (χ3n) is 2.85. The number of carbonyl (C=O) groups is 3. The molecule has 3 amide bonds. The van der Waals surface area contributed by atoms with Crippen molar-refractivity contribution in [2.45, 2.75) is 38.6 Å². The zero-order chi connectivity index (χ0) is 14.3. The molecular weight excluding hydrogens is 252 g/mol. The van der Waals surface area contributed by atoms with Gasteiger partial charge in [-0.25, -0.2) is 9.59 Å². The smallest absolute Gasteiger partial charge is 0.329 e.